The van der Waals surface area contributed by atoms with Gasteiger partial charge in [0.25, 0.3) is 0 Å². The van der Waals surface area contributed by atoms with Crippen molar-refractivity contribution in [2.75, 3.05) is 0 Å². The molecule has 0 saturated heterocycles. The van der Waals surface area contributed by atoms with E-state index >= 15 is 0 Å². The van der Waals surface area contributed by atoms with Gasteiger partial charge < -0.3 is 5.32 Å². The SMILES string of the molecule is CC1=CC(C)=C(NC(C)NC2CCCCCCC2)C(C)C1. The Labute approximate surface area is 131 Å². The molecule has 0 amide bonds. The molecule has 0 aromatic carbocycles. The molecule has 2 N–H and O–H groups in total. The van der Waals surface area contributed by atoms with Crippen molar-refractivity contribution in [2.45, 2.75) is 91.3 Å². The molecule has 2 rings (SSSR count). The first kappa shape index (κ1) is 16.6. The maximum absolute atomic E-state index is 3.82. The van der Waals surface area contributed by atoms with Gasteiger partial charge >= 0.3 is 0 Å². The van der Waals surface area contributed by atoms with Crippen molar-refractivity contribution in [3.05, 3.63) is 22.9 Å². The van der Waals surface area contributed by atoms with Gasteiger partial charge in [0.2, 0.25) is 0 Å². The lowest BCUT2D eigenvalue weighted by Gasteiger charge is -2.31. The van der Waals surface area contributed by atoms with Gasteiger partial charge in [-0.25, -0.2) is 0 Å². The fraction of sp³-hybridized carbons (Fsp3) is 0.789. The summed E-state index contributed by atoms with van der Waals surface area (Å²) in [5.41, 5.74) is 4.36. The predicted octanol–water partition coefficient (Wildman–Crippen LogP) is 4.88. The van der Waals surface area contributed by atoms with Crippen LogP contribution in [0.4, 0.5) is 0 Å². The third-order valence-electron chi connectivity index (χ3n) is 4.97. The molecule has 2 atom stereocenters. The van der Waals surface area contributed by atoms with Crippen molar-refractivity contribution in [3.8, 4) is 0 Å². The molecule has 21 heavy (non-hydrogen) atoms. The molecule has 0 heterocycles. The smallest absolute Gasteiger partial charge is 0.0738 e. The van der Waals surface area contributed by atoms with E-state index in [1.807, 2.05) is 0 Å². The average Bonchev–Trinajstić information content (AvgIpc) is 2.37. The van der Waals surface area contributed by atoms with Crippen LogP contribution in [0.15, 0.2) is 22.9 Å². The van der Waals surface area contributed by atoms with Crippen LogP contribution in [0.5, 0.6) is 0 Å². The summed E-state index contributed by atoms with van der Waals surface area (Å²) < 4.78 is 0. The molecule has 2 aliphatic carbocycles. The Kier molecular flexibility index (Phi) is 6.35. The highest BCUT2D eigenvalue weighted by atomic mass is 15.1. The zero-order valence-electron chi connectivity index (χ0n) is 14.5. The molecule has 2 heteroatoms. The first-order valence-corrected chi connectivity index (χ1v) is 8.97. The lowest BCUT2D eigenvalue weighted by atomic mass is 9.89. The maximum Gasteiger partial charge on any atom is 0.0738 e. The van der Waals surface area contributed by atoms with Crippen molar-refractivity contribution in [3.63, 3.8) is 0 Å². The van der Waals surface area contributed by atoms with E-state index in [1.54, 1.807) is 0 Å². The predicted molar refractivity (Wildman–Crippen MR) is 92.1 cm³/mol. The molecule has 2 aliphatic rings. The largest absolute Gasteiger partial charge is 0.373 e. The number of hydrogen-bond acceptors (Lipinski definition) is 2. The van der Waals surface area contributed by atoms with Gasteiger partial charge in [-0.15, -0.1) is 0 Å². The molecule has 0 spiro atoms. The zero-order chi connectivity index (χ0) is 15.2. The second-order valence-electron chi connectivity index (χ2n) is 7.27. The Morgan fingerprint density at radius 1 is 1.05 bits per heavy atom. The fourth-order valence-corrected chi connectivity index (χ4v) is 3.99. The van der Waals surface area contributed by atoms with Crippen LogP contribution in [0.2, 0.25) is 0 Å². The summed E-state index contributed by atoms with van der Waals surface area (Å²) in [4.78, 5) is 0. The summed E-state index contributed by atoms with van der Waals surface area (Å²) >= 11 is 0. The molecule has 0 aromatic heterocycles. The quantitative estimate of drug-likeness (QED) is 0.721. The molecule has 120 valence electrons. The van der Waals surface area contributed by atoms with Crippen LogP contribution < -0.4 is 10.6 Å². The second kappa shape index (κ2) is 8.03. The van der Waals surface area contributed by atoms with Crippen LogP contribution in [-0.2, 0) is 0 Å². The molecule has 2 nitrogen and oxygen atoms in total. The van der Waals surface area contributed by atoms with Gasteiger partial charge in [0, 0.05) is 11.7 Å². The Morgan fingerprint density at radius 2 is 1.67 bits per heavy atom. The summed E-state index contributed by atoms with van der Waals surface area (Å²) in [5, 5.41) is 7.57. The standard InChI is InChI=1S/C19H34N2/c1-14-12-15(2)19(16(3)13-14)21-17(4)20-18-10-8-6-5-7-9-11-18/h12,16-18,20-21H,5-11,13H2,1-4H3. The number of rotatable bonds is 4. The minimum absolute atomic E-state index is 0.369. The van der Waals surface area contributed by atoms with Crippen LogP contribution in [0, 0.1) is 5.92 Å². The van der Waals surface area contributed by atoms with Gasteiger partial charge in [-0.3, -0.25) is 5.32 Å². The number of nitrogens with one attached hydrogen (secondary N) is 2. The van der Waals surface area contributed by atoms with Crippen molar-refractivity contribution in [1.82, 2.24) is 10.6 Å². The first-order valence-electron chi connectivity index (χ1n) is 8.97. The molecule has 0 bridgehead atoms. The number of hydrogen-bond donors (Lipinski definition) is 2. The van der Waals surface area contributed by atoms with E-state index < -0.39 is 0 Å². The van der Waals surface area contributed by atoms with Gasteiger partial charge in [-0.05, 0) is 51.5 Å². The molecule has 1 saturated carbocycles. The molecule has 0 aliphatic heterocycles. The van der Waals surface area contributed by atoms with Crippen LogP contribution in [0.25, 0.3) is 0 Å². The summed E-state index contributed by atoms with van der Waals surface area (Å²) in [6.07, 6.45) is 13.7. The van der Waals surface area contributed by atoms with Crippen LogP contribution in [-0.4, -0.2) is 12.2 Å². The summed E-state index contributed by atoms with van der Waals surface area (Å²) in [6.45, 7) is 9.10. The Balaban J connectivity index is 1.88. The summed E-state index contributed by atoms with van der Waals surface area (Å²) in [7, 11) is 0. The van der Waals surface area contributed by atoms with E-state index in [0.717, 1.165) is 0 Å². The van der Waals surface area contributed by atoms with E-state index in [2.05, 4.69) is 44.4 Å². The van der Waals surface area contributed by atoms with Crippen molar-refractivity contribution in [2.24, 2.45) is 5.92 Å². The average molecular weight is 290 g/mol. The van der Waals surface area contributed by atoms with E-state index in [1.165, 1.54) is 68.2 Å². The molecular weight excluding hydrogens is 256 g/mol. The van der Waals surface area contributed by atoms with Gasteiger partial charge in [-0.1, -0.05) is 50.7 Å². The van der Waals surface area contributed by atoms with Crippen LogP contribution in [0.3, 0.4) is 0 Å². The molecule has 0 aromatic rings. The number of allylic oxidation sites excluding steroid dienone is 4. The normalized spacial score (nSPS) is 26.9. The highest BCUT2D eigenvalue weighted by molar-refractivity contribution is 5.32. The van der Waals surface area contributed by atoms with Crippen LogP contribution in [0.1, 0.15) is 79.1 Å². The molecule has 1 fully saturated rings. The maximum atomic E-state index is 3.82. The molecule has 2 unspecified atom stereocenters. The fourth-order valence-electron chi connectivity index (χ4n) is 3.99. The minimum Gasteiger partial charge on any atom is -0.373 e. The van der Waals surface area contributed by atoms with E-state index in [9.17, 15) is 0 Å². The molecule has 0 radical (unpaired) electrons. The van der Waals surface area contributed by atoms with Gasteiger partial charge in [0.1, 0.15) is 0 Å². The van der Waals surface area contributed by atoms with E-state index in [0.29, 0.717) is 18.1 Å². The zero-order valence-corrected chi connectivity index (χ0v) is 14.5. The van der Waals surface area contributed by atoms with Gasteiger partial charge in [-0.2, -0.15) is 0 Å². The van der Waals surface area contributed by atoms with Crippen molar-refractivity contribution < 1.29 is 0 Å². The third kappa shape index (κ3) is 5.18. The minimum atomic E-state index is 0.369. The lowest BCUT2D eigenvalue weighted by Crippen LogP contribution is -2.46. The second-order valence-corrected chi connectivity index (χ2v) is 7.27. The van der Waals surface area contributed by atoms with Crippen LogP contribution >= 0.6 is 0 Å². The summed E-state index contributed by atoms with van der Waals surface area (Å²) in [5.74, 6) is 0.622. The highest BCUT2D eigenvalue weighted by Gasteiger charge is 2.19. The Bertz CT molecular complexity index is 386. The van der Waals surface area contributed by atoms with Crippen molar-refractivity contribution in [1.29, 1.82) is 0 Å². The van der Waals surface area contributed by atoms with Gasteiger partial charge in [0.15, 0.2) is 0 Å². The van der Waals surface area contributed by atoms with E-state index in [-0.39, 0.29) is 0 Å². The third-order valence-corrected chi connectivity index (χ3v) is 4.97. The first-order chi connectivity index (χ1) is 10.1. The highest BCUT2D eigenvalue weighted by Crippen LogP contribution is 2.27. The van der Waals surface area contributed by atoms with Crippen molar-refractivity contribution >= 4 is 0 Å². The topological polar surface area (TPSA) is 24.1 Å². The Morgan fingerprint density at radius 3 is 2.29 bits per heavy atom. The van der Waals surface area contributed by atoms with E-state index in [4.69, 9.17) is 0 Å². The lowest BCUT2D eigenvalue weighted by molar-refractivity contribution is 0.336. The molecular formula is C19H34N2. The Hall–Kier alpha value is -0.760. The van der Waals surface area contributed by atoms with Gasteiger partial charge in [0.05, 0.1) is 6.17 Å². The monoisotopic (exact) mass is 290 g/mol. The summed E-state index contributed by atoms with van der Waals surface area (Å²) in [6, 6.07) is 0.699.